The zero-order valence-corrected chi connectivity index (χ0v) is 16.8. The van der Waals surface area contributed by atoms with Crippen LogP contribution >= 0.6 is 0 Å². The first-order valence-corrected chi connectivity index (χ1v) is 9.34. The molecule has 0 saturated carbocycles. The average Bonchev–Trinajstić information content (AvgIpc) is 3.20. The molecule has 170 valence electrons. The quantitative estimate of drug-likeness (QED) is 0.238. The highest BCUT2D eigenvalue weighted by atomic mass is 16.6. The molecule has 0 aliphatic carbocycles. The molecule has 6 N–H and O–H groups in total. The Bertz CT molecular complexity index is 1170. The fourth-order valence-electron chi connectivity index (χ4n) is 2.86. The highest BCUT2D eigenvalue weighted by Crippen LogP contribution is 2.25. The van der Waals surface area contributed by atoms with Gasteiger partial charge in [0.2, 0.25) is 5.91 Å². The van der Waals surface area contributed by atoms with Crippen molar-refractivity contribution in [3.8, 4) is 5.75 Å². The van der Waals surface area contributed by atoms with E-state index in [1.54, 1.807) is 12.1 Å². The zero-order chi connectivity index (χ0) is 24.0. The topological polar surface area (TPSA) is 203 Å². The van der Waals surface area contributed by atoms with Crippen LogP contribution in [0.15, 0.2) is 54.7 Å². The molecular formula is C20H18N6O7. The monoisotopic (exact) mass is 454 g/mol. The number of carboxylic acids is 1. The molecule has 2 aromatic carbocycles. The van der Waals surface area contributed by atoms with E-state index in [-0.39, 0.29) is 17.3 Å². The van der Waals surface area contributed by atoms with Gasteiger partial charge < -0.3 is 25.9 Å². The van der Waals surface area contributed by atoms with Crippen molar-refractivity contribution in [2.24, 2.45) is 5.73 Å². The molecule has 3 aromatic rings. The number of anilines is 2. The minimum Gasteiger partial charge on any atom is -0.482 e. The van der Waals surface area contributed by atoms with Crippen molar-refractivity contribution in [1.82, 2.24) is 9.97 Å². The Balaban J connectivity index is 1.67. The number of imidazole rings is 1. The van der Waals surface area contributed by atoms with E-state index in [0.717, 1.165) is 0 Å². The van der Waals surface area contributed by atoms with Crippen molar-refractivity contribution in [2.45, 2.75) is 5.92 Å². The number of nitrogens with two attached hydrogens (primary N) is 1. The van der Waals surface area contributed by atoms with Gasteiger partial charge in [0.1, 0.15) is 23.3 Å². The molecule has 1 aromatic heterocycles. The van der Waals surface area contributed by atoms with Gasteiger partial charge in [0.25, 0.3) is 5.69 Å². The minimum absolute atomic E-state index is 0.113. The van der Waals surface area contributed by atoms with Crippen LogP contribution in [0, 0.1) is 10.1 Å². The number of H-pyrrole nitrogens is 1. The summed E-state index contributed by atoms with van der Waals surface area (Å²) >= 11 is 0. The molecule has 1 unspecified atom stereocenters. The van der Waals surface area contributed by atoms with Crippen molar-refractivity contribution in [1.29, 1.82) is 0 Å². The lowest BCUT2D eigenvalue weighted by Gasteiger charge is -2.12. The fourth-order valence-corrected chi connectivity index (χ4v) is 2.86. The second kappa shape index (κ2) is 9.91. The van der Waals surface area contributed by atoms with E-state index in [1.165, 1.54) is 42.6 Å². The maximum Gasteiger partial charge on any atom is 0.341 e. The minimum atomic E-state index is -1.12. The number of nitrogens with one attached hydrogen (secondary N) is 3. The van der Waals surface area contributed by atoms with E-state index in [1.807, 2.05) is 0 Å². The second-order valence-electron chi connectivity index (χ2n) is 6.65. The highest BCUT2D eigenvalue weighted by molar-refractivity contribution is 5.99. The van der Waals surface area contributed by atoms with Crippen LogP contribution in [-0.2, 0) is 9.59 Å². The van der Waals surface area contributed by atoms with Crippen LogP contribution < -0.4 is 21.1 Å². The predicted octanol–water partition coefficient (Wildman–Crippen LogP) is 2.04. The maximum atomic E-state index is 12.2. The number of ether oxygens (including phenoxy) is 1. The Morgan fingerprint density at radius 3 is 2.36 bits per heavy atom. The van der Waals surface area contributed by atoms with Crippen molar-refractivity contribution in [2.75, 3.05) is 17.2 Å². The number of hydrogen-bond donors (Lipinski definition) is 5. The summed E-state index contributed by atoms with van der Waals surface area (Å²) in [6.45, 7) is -0.506. The molecule has 0 spiro atoms. The third-order valence-electron chi connectivity index (χ3n) is 4.31. The largest absolute Gasteiger partial charge is 0.482 e. The second-order valence-corrected chi connectivity index (χ2v) is 6.65. The first kappa shape index (κ1) is 22.7. The number of aliphatic carboxylic acids is 1. The summed E-state index contributed by atoms with van der Waals surface area (Å²) < 4.78 is 5.06. The Hall–Kier alpha value is -4.94. The van der Waals surface area contributed by atoms with Gasteiger partial charge in [-0.15, -0.1) is 0 Å². The van der Waals surface area contributed by atoms with Gasteiger partial charge in [-0.1, -0.05) is 12.1 Å². The standard InChI is InChI=1S/C20H18N6O7/c21-18(29)17(11-1-7-14(8-2-11)33-10-16(27)28)19-22-9-15(24-19)25-20(30)23-12-3-5-13(6-4-12)26(31)32/h1-9,17H,10H2,(H2,21,29)(H,22,24)(H,27,28)(H2,23,25,30). The van der Waals surface area contributed by atoms with Crippen molar-refractivity contribution >= 4 is 35.1 Å². The van der Waals surface area contributed by atoms with Crippen LogP contribution in [0.25, 0.3) is 0 Å². The molecule has 1 atom stereocenters. The molecule has 13 nitrogen and oxygen atoms in total. The van der Waals surface area contributed by atoms with E-state index in [2.05, 4.69) is 20.6 Å². The summed E-state index contributed by atoms with van der Waals surface area (Å²) in [5, 5.41) is 24.4. The summed E-state index contributed by atoms with van der Waals surface area (Å²) in [6.07, 6.45) is 1.30. The molecule has 0 fully saturated rings. The number of rotatable bonds is 9. The Kier molecular flexibility index (Phi) is 6.83. The first-order valence-electron chi connectivity index (χ1n) is 9.34. The van der Waals surface area contributed by atoms with Crippen molar-refractivity contribution in [3.05, 3.63) is 76.2 Å². The van der Waals surface area contributed by atoms with Crippen molar-refractivity contribution in [3.63, 3.8) is 0 Å². The lowest BCUT2D eigenvalue weighted by atomic mass is 9.98. The number of carbonyl (C=O) groups is 3. The average molecular weight is 454 g/mol. The number of urea groups is 1. The van der Waals surface area contributed by atoms with Crippen LogP contribution in [0.3, 0.4) is 0 Å². The molecule has 0 aliphatic rings. The number of nitro benzene ring substituents is 1. The summed E-state index contributed by atoms with van der Waals surface area (Å²) in [7, 11) is 0. The fraction of sp³-hybridized carbons (Fsp3) is 0.100. The van der Waals surface area contributed by atoms with Gasteiger partial charge in [-0.2, -0.15) is 0 Å². The summed E-state index contributed by atoms with van der Waals surface area (Å²) in [5.41, 5.74) is 6.22. The number of non-ortho nitro benzene ring substituents is 1. The van der Waals surface area contributed by atoms with Gasteiger partial charge in [-0.25, -0.2) is 14.6 Å². The molecule has 3 amide bonds. The summed E-state index contributed by atoms with van der Waals surface area (Å²) in [4.78, 5) is 51.9. The molecular weight excluding hydrogens is 436 g/mol. The van der Waals surface area contributed by atoms with Crippen molar-refractivity contribution < 1.29 is 29.2 Å². The van der Waals surface area contributed by atoms with E-state index in [0.29, 0.717) is 17.0 Å². The molecule has 0 bridgehead atoms. The number of benzene rings is 2. The lowest BCUT2D eigenvalue weighted by molar-refractivity contribution is -0.384. The normalized spacial score (nSPS) is 11.3. The summed E-state index contributed by atoms with van der Waals surface area (Å²) in [6, 6.07) is 10.7. The molecule has 0 aliphatic heterocycles. The number of nitrogens with zero attached hydrogens (tertiary/aromatic N) is 2. The van der Waals surface area contributed by atoms with Gasteiger partial charge in [0.05, 0.1) is 11.1 Å². The van der Waals surface area contributed by atoms with Gasteiger partial charge in [-0.3, -0.25) is 20.2 Å². The molecule has 0 saturated heterocycles. The van der Waals surface area contributed by atoms with Gasteiger partial charge in [0, 0.05) is 17.8 Å². The number of carboxylic acid groups (broad SMARTS) is 1. The molecule has 3 rings (SSSR count). The third-order valence-corrected chi connectivity index (χ3v) is 4.31. The van der Waals surface area contributed by atoms with E-state index in [9.17, 15) is 24.5 Å². The Morgan fingerprint density at radius 1 is 1.12 bits per heavy atom. The van der Waals surface area contributed by atoms with Crippen LogP contribution in [0.4, 0.5) is 22.0 Å². The van der Waals surface area contributed by atoms with Crippen LogP contribution in [0.5, 0.6) is 5.75 Å². The third kappa shape index (κ3) is 6.04. The smallest absolute Gasteiger partial charge is 0.341 e. The zero-order valence-electron chi connectivity index (χ0n) is 16.8. The molecule has 33 heavy (non-hydrogen) atoms. The van der Waals surface area contributed by atoms with E-state index >= 15 is 0 Å². The molecule has 13 heteroatoms. The van der Waals surface area contributed by atoms with E-state index in [4.69, 9.17) is 15.6 Å². The Labute approximate surface area is 185 Å². The number of hydrogen-bond acceptors (Lipinski definition) is 7. The van der Waals surface area contributed by atoms with Gasteiger partial charge in [-0.05, 0) is 29.8 Å². The first-order chi connectivity index (χ1) is 15.7. The van der Waals surface area contributed by atoms with Crippen LogP contribution in [0.2, 0.25) is 0 Å². The SMILES string of the molecule is NC(=O)C(c1ccc(OCC(=O)O)cc1)c1ncc(NC(=O)Nc2ccc([N+](=O)[O-])cc2)[nH]1. The van der Waals surface area contributed by atoms with Crippen LogP contribution in [0.1, 0.15) is 17.3 Å². The number of aromatic nitrogens is 2. The number of aromatic amines is 1. The Morgan fingerprint density at radius 2 is 1.79 bits per heavy atom. The lowest BCUT2D eigenvalue weighted by Crippen LogP contribution is -2.23. The van der Waals surface area contributed by atoms with Gasteiger partial charge >= 0.3 is 12.0 Å². The van der Waals surface area contributed by atoms with Crippen LogP contribution in [-0.4, -0.2) is 44.5 Å². The number of carbonyl (C=O) groups excluding carboxylic acids is 2. The maximum absolute atomic E-state index is 12.2. The summed E-state index contributed by atoms with van der Waals surface area (Å²) in [5.74, 6) is -2.14. The highest BCUT2D eigenvalue weighted by Gasteiger charge is 2.24. The van der Waals surface area contributed by atoms with Gasteiger partial charge in [0.15, 0.2) is 6.61 Å². The predicted molar refractivity (Wildman–Crippen MR) is 115 cm³/mol. The molecule has 1 heterocycles. The number of primary amides is 1. The van der Waals surface area contributed by atoms with E-state index < -0.39 is 35.4 Å². The molecule has 0 radical (unpaired) electrons. The number of nitro groups is 1. The number of amides is 3.